The molecule has 2 aromatic carbocycles. The Bertz CT molecular complexity index is 1230. The van der Waals surface area contributed by atoms with Crippen LogP contribution in [0.25, 0.3) is 0 Å². The van der Waals surface area contributed by atoms with Gasteiger partial charge in [-0.1, -0.05) is 37.1 Å². The number of ether oxygens (including phenoxy) is 2. The van der Waals surface area contributed by atoms with Crippen LogP contribution in [0.2, 0.25) is 0 Å². The summed E-state index contributed by atoms with van der Waals surface area (Å²) in [5, 5.41) is 0. The predicted octanol–water partition coefficient (Wildman–Crippen LogP) is 9.16. The molecule has 230 valence electrons. The lowest BCUT2D eigenvalue weighted by Crippen LogP contribution is -2.45. The number of hydrogen-bond donors (Lipinski definition) is 0. The van der Waals surface area contributed by atoms with E-state index >= 15 is 0 Å². The second kappa shape index (κ2) is 14.4. The van der Waals surface area contributed by atoms with E-state index in [2.05, 4.69) is 50.8 Å². The first-order chi connectivity index (χ1) is 19.7. The summed E-state index contributed by atoms with van der Waals surface area (Å²) >= 11 is 0. The Morgan fingerprint density at radius 1 is 1.12 bits per heavy atom. The number of rotatable bonds is 10. The third kappa shape index (κ3) is 7.96. The molecule has 0 spiro atoms. The molecule has 0 radical (unpaired) electrons. The number of allylic oxidation sites excluding steroid dienone is 2. The molecule has 1 saturated heterocycles. The van der Waals surface area contributed by atoms with Gasteiger partial charge in [0.25, 0.3) is 0 Å². The number of halogens is 2. The smallest absolute Gasteiger partial charge is 0.311 e. The molecular formula is C36H49ClFNO3. The normalized spacial score (nSPS) is 22.1. The summed E-state index contributed by atoms with van der Waals surface area (Å²) in [6.45, 7) is 12.1. The topological polar surface area (TPSA) is 38.8 Å². The monoisotopic (exact) mass is 597 g/mol. The lowest BCUT2D eigenvalue weighted by Gasteiger charge is -2.46. The molecule has 3 atom stereocenters. The first-order valence-corrected chi connectivity index (χ1v) is 15.9. The van der Waals surface area contributed by atoms with Crippen LogP contribution in [0, 0.1) is 11.7 Å². The number of aryl methyl sites for hydroxylation is 1. The van der Waals surface area contributed by atoms with Gasteiger partial charge in [-0.3, -0.25) is 4.79 Å². The summed E-state index contributed by atoms with van der Waals surface area (Å²) in [4.78, 5) is 15.7. The van der Waals surface area contributed by atoms with Crippen LogP contribution >= 0.6 is 12.4 Å². The van der Waals surface area contributed by atoms with Gasteiger partial charge in [0.1, 0.15) is 22.9 Å². The van der Waals surface area contributed by atoms with Crippen molar-refractivity contribution in [3.8, 4) is 11.5 Å². The molecular weight excluding hydrogens is 549 g/mol. The zero-order valence-corrected chi connectivity index (χ0v) is 26.7. The molecule has 2 aromatic rings. The number of hydrogen-bond acceptors (Lipinski definition) is 4. The van der Waals surface area contributed by atoms with E-state index in [-0.39, 0.29) is 41.6 Å². The Kier molecular flexibility index (Phi) is 11.2. The maximum atomic E-state index is 13.3. The molecule has 3 unspecified atom stereocenters. The number of fused-ring (bicyclic) bond motifs is 3. The summed E-state index contributed by atoms with van der Waals surface area (Å²) in [6, 6.07) is 11.1. The minimum Gasteiger partial charge on any atom is -0.487 e. The van der Waals surface area contributed by atoms with Crippen molar-refractivity contribution in [1.29, 1.82) is 0 Å². The third-order valence-corrected chi connectivity index (χ3v) is 9.59. The summed E-state index contributed by atoms with van der Waals surface area (Å²) < 4.78 is 26.3. The summed E-state index contributed by atoms with van der Waals surface area (Å²) in [5.74, 6) is 1.99. The second-order valence-corrected chi connectivity index (χ2v) is 13.2. The van der Waals surface area contributed by atoms with Gasteiger partial charge < -0.3 is 14.4 Å². The van der Waals surface area contributed by atoms with Crippen molar-refractivity contribution in [3.05, 3.63) is 70.6 Å². The van der Waals surface area contributed by atoms with Crippen LogP contribution in [-0.4, -0.2) is 36.1 Å². The van der Waals surface area contributed by atoms with Gasteiger partial charge in [-0.05, 0) is 133 Å². The molecule has 2 aliphatic heterocycles. The lowest BCUT2D eigenvalue weighted by atomic mass is 9.68. The highest BCUT2D eigenvalue weighted by molar-refractivity contribution is 5.85. The van der Waals surface area contributed by atoms with Crippen LogP contribution in [0.1, 0.15) is 114 Å². The van der Waals surface area contributed by atoms with Gasteiger partial charge in [0.15, 0.2) is 0 Å². The zero-order chi connectivity index (χ0) is 29.0. The number of benzene rings is 2. The van der Waals surface area contributed by atoms with Crippen molar-refractivity contribution in [2.75, 3.05) is 19.6 Å². The Morgan fingerprint density at radius 3 is 2.60 bits per heavy atom. The van der Waals surface area contributed by atoms with Gasteiger partial charge in [-0.25, -0.2) is 4.39 Å². The molecule has 42 heavy (non-hydrogen) atoms. The second-order valence-electron chi connectivity index (χ2n) is 13.2. The van der Waals surface area contributed by atoms with Crippen molar-refractivity contribution in [1.82, 2.24) is 4.90 Å². The number of carbonyl (C=O) groups excluding carboxylic acids is 1. The van der Waals surface area contributed by atoms with E-state index in [0.717, 1.165) is 80.6 Å². The quantitative estimate of drug-likeness (QED) is 0.155. The highest BCUT2D eigenvalue weighted by Crippen LogP contribution is 2.54. The van der Waals surface area contributed by atoms with E-state index in [9.17, 15) is 9.18 Å². The number of piperidine rings is 1. The van der Waals surface area contributed by atoms with Crippen LogP contribution < -0.4 is 9.47 Å². The van der Waals surface area contributed by atoms with E-state index < -0.39 is 0 Å². The molecule has 0 saturated carbocycles. The Labute approximate surface area is 258 Å². The minimum absolute atomic E-state index is 0. The summed E-state index contributed by atoms with van der Waals surface area (Å²) in [5.41, 5.74) is 4.44. The summed E-state index contributed by atoms with van der Waals surface area (Å²) in [6.07, 6.45) is 12.5. The van der Waals surface area contributed by atoms with Gasteiger partial charge >= 0.3 is 5.97 Å². The lowest BCUT2D eigenvalue weighted by molar-refractivity contribution is -0.134. The van der Waals surface area contributed by atoms with E-state index in [1.54, 1.807) is 0 Å². The van der Waals surface area contributed by atoms with E-state index in [1.165, 1.54) is 37.0 Å². The fourth-order valence-electron chi connectivity index (χ4n) is 7.13. The molecule has 1 aliphatic carbocycles. The Hall–Kier alpha value is -2.37. The first kappa shape index (κ1) is 32.5. The minimum atomic E-state index is -0.297. The zero-order valence-electron chi connectivity index (χ0n) is 25.9. The van der Waals surface area contributed by atoms with Gasteiger partial charge in [0.05, 0.1) is 0 Å². The van der Waals surface area contributed by atoms with Crippen LogP contribution in [0.3, 0.4) is 0 Å². The molecule has 0 aromatic heterocycles. The van der Waals surface area contributed by atoms with Gasteiger partial charge in [-0.2, -0.15) is 0 Å². The number of nitrogens with zero attached hydrogens (tertiary/aromatic N) is 1. The SMILES string of the molecule is CC1=CC2c3c(OC(=O)CCCN4CCCCC4)cc(C(C)CCCc4ccc(F)cc4)cc3OC(C)(C)C2CC1.Cl. The van der Waals surface area contributed by atoms with Crippen LogP contribution in [0.5, 0.6) is 11.5 Å². The molecule has 0 bridgehead atoms. The molecule has 0 N–H and O–H groups in total. The maximum Gasteiger partial charge on any atom is 0.311 e. The summed E-state index contributed by atoms with van der Waals surface area (Å²) in [7, 11) is 0. The number of esters is 1. The third-order valence-electron chi connectivity index (χ3n) is 9.59. The predicted molar refractivity (Wildman–Crippen MR) is 171 cm³/mol. The number of carbonyl (C=O) groups is 1. The number of likely N-dealkylation sites (tertiary alicyclic amines) is 1. The molecule has 6 heteroatoms. The fraction of sp³-hybridized carbons (Fsp3) is 0.583. The Morgan fingerprint density at radius 2 is 1.86 bits per heavy atom. The molecule has 0 amide bonds. The highest BCUT2D eigenvalue weighted by Gasteiger charge is 2.45. The molecule has 2 heterocycles. The van der Waals surface area contributed by atoms with Gasteiger partial charge in [0, 0.05) is 23.8 Å². The van der Waals surface area contributed by atoms with Crippen molar-refractivity contribution in [2.24, 2.45) is 5.92 Å². The van der Waals surface area contributed by atoms with Crippen LogP contribution in [0.15, 0.2) is 48.0 Å². The van der Waals surface area contributed by atoms with Crippen molar-refractivity contribution < 1.29 is 18.7 Å². The largest absolute Gasteiger partial charge is 0.487 e. The van der Waals surface area contributed by atoms with Crippen molar-refractivity contribution in [2.45, 2.75) is 109 Å². The Balaban J connectivity index is 0.00000405. The maximum absolute atomic E-state index is 13.3. The van der Waals surface area contributed by atoms with Crippen LogP contribution in [0.4, 0.5) is 4.39 Å². The molecule has 3 aliphatic rings. The van der Waals surface area contributed by atoms with E-state index in [1.807, 2.05) is 12.1 Å². The van der Waals surface area contributed by atoms with Gasteiger partial charge in [-0.15, -0.1) is 12.4 Å². The highest BCUT2D eigenvalue weighted by atomic mass is 35.5. The van der Waals surface area contributed by atoms with E-state index in [4.69, 9.17) is 9.47 Å². The molecule has 1 fully saturated rings. The van der Waals surface area contributed by atoms with Crippen molar-refractivity contribution in [3.63, 3.8) is 0 Å². The average molecular weight is 598 g/mol. The van der Waals surface area contributed by atoms with E-state index in [0.29, 0.717) is 18.1 Å². The fourth-order valence-corrected chi connectivity index (χ4v) is 7.13. The molecule has 5 rings (SSSR count). The standard InChI is InChI=1S/C36H48FNO3.ClH/c1-25-13-18-31-30(22-25)35-32(40-34(39)12-9-21-38-19-6-5-7-20-38)23-28(24-33(35)41-36(31,3)4)26(2)10-8-11-27-14-16-29(37)17-15-27;/h14-17,22-24,26,30-31H,5-13,18-21H2,1-4H3;1H. The first-order valence-electron chi connectivity index (χ1n) is 15.9. The van der Waals surface area contributed by atoms with Crippen LogP contribution in [-0.2, 0) is 11.2 Å². The van der Waals surface area contributed by atoms with Crippen molar-refractivity contribution >= 4 is 18.4 Å². The van der Waals surface area contributed by atoms with Gasteiger partial charge in [0.2, 0.25) is 0 Å². The average Bonchev–Trinajstić information content (AvgIpc) is 2.94. The molecule has 4 nitrogen and oxygen atoms in total.